The first-order chi connectivity index (χ1) is 22.4. The van der Waals surface area contributed by atoms with E-state index in [0.717, 1.165) is 41.5 Å². The van der Waals surface area contributed by atoms with Crippen LogP contribution in [0, 0.1) is 5.92 Å². The Morgan fingerprint density at radius 1 is 0.935 bits per heavy atom. The molecule has 4 unspecified atom stereocenters. The number of amides is 3. The number of benzene rings is 2. The lowest BCUT2D eigenvalue weighted by molar-refractivity contribution is -0.150. The van der Waals surface area contributed by atoms with Crippen LogP contribution in [-0.2, 0) is 23.9 Å². The van der Waals surface area contributed by atoms with Crippen LogP contribution >= 0.6 is 0 Å². The summed E-state index contributed by atoms with van der Waals surface area (Å²) in [6.07, 6.45) is 7.42. The number of allylic oxidation sites excluding steroid dienone is 2. The quantitative estimate of drug-likeness (QED) is 0.363. The molecule has 2 fully saturated rings. The molecule has 3 heterocycles. The summed E-state index contributed by atoms with van der Waals surface area (Å²) < 4.78 is 11.4. The van der Waals surface area contributed by atoms with Gasteiger partial charge in [-0.3, -0.25) is 9.59 Å². The first-order valence-electron chi connectivity index (χ1n) is 16.6. The third kappa shape index (κ3) is 6.82. The molecule has 3 amide bonds. The van der Waals surface area contributed by atoms with Crippen LogP contribution in [0.25, 0.3) is 11.1 Å². The number of alkyl carbamates (subject to hydrolysis) is 1. The van der Waals surface area contributed by atoms with Gasteiger partial charge in [0.2, 0.25) is 11.8 Å². The molecular formula is C36H43N3O7. The lowest BCUT2D eigenvalue weighted by Crippen LogP contribution is -2.46. The number of hydrogen-bond donors (Lipinski definition) is 2. The highest BCUT2D eigenvalue weighted by Crippen LogP contribution is 2.44. The van der Waals surface area contributed by atoms with Gasteiger partial charge in [-0.25, -0.2) is 9.59 Å². The second kappa shape index (κ2) is 14.5. The van der Waals surface area contributed by atoms with E-state index in [0.29, 0.717) is 38.8 Å². The number of nitrogens with one attached hydrogen (secondary N) is 1. The number of nitrogens with zero attached hydrogens (tertiary/aromatic N) is 2. The van der Waals surface area contributed by atoms with Gasteiger partial charge in [-0.05, 0) is 67.2 Å². The number of likely N-dealkylation sites (tertiary alicyclic amines) is 1. The average molecular weight is 630 g/mol. The van der Waals surface area contributed by atoms with Gasteiger partial charge < -0.3 is 29.7 Å². The van der Waals surface area contributed by atoms with Crippen molar-refractivity contribution in [3.8, 4) is 11.1 Å². The van der Waals surface area contributed by atoms with Crippen molar-refractivity contribution in [3.63, 3.8) is 0 Å². The van der Waals surface area contributed by atoms with Crippen LogP contribution in [-0.4, -0.2) is 89.8 Å². The fraction of sp³-hybridized carbons (Fsp3) is 0.500. The van der Waals surface area contributed by atoms with Gasteiger partial charge in [0, 0.05) is 25.4 Å². The Morgan fingerprint density at radius 3 is 2.39 bits per heavy atom. The number of ether oxygens (including phenoxy) is 2. The number of cyclic esters (lactones) is 1. The standard InChI is InChI=1S/C36H43N3O7/c40-21-25-11-8-18-38(25)33(41)20-24-10-2-1-3-17-32(35(43)45-22-26-12-9-19-39(26)34(24)42)37-36(44)46-23-31-29-15-6-4-13-27(29)28-14-5-7-16-30(28)31/h1-2,4-7,13-16,24-26,31-32,40H,3,8-12,17-23H2,(H,37,44). The average Bonchev–Trinajstić information content (AvgIpc) is 3.82. The molecule has 0 bridgehead atoms. The van der Waals surface area contributed by atoms with E-state index < -0.39 is 24.0 Å². The Balaban J connectivity index is 1.10. The number of aliphatic hydroxyl groups is 1. The maximum absolute atomic E-state index is 13.7. The summed E-state index contributed by atoms with van der Waals surface area (Å²) in [7, 11) is 0. The van der Waals surface area contributed by atoms with Crippen molar-refractivity contribution >= 4 is 23.9 Å². The number of rotatable bonds is 6. The molecule has 3 aliphatic heterocycles. The third-order valence-electron chi connectivity index (χ3n) is 9.89. The molecule has 0 aromatic heterocycles. The second-order valence-electron chi connectivity index (χ2n) is 12.7. The SMILES string of the molecule is O=C(NC1CCC=CCC(CC(=O)N2CCCC2CO)C(=O)N2CCCC2COC1=O)OCC1c2ccccc2-c2ccccc21. The molecule has 2 aromatic carbocycles. The topological polar surface area (TPSA) is 125 Å². The van der Waals surface area contributed by atoms with Gasteiger partial charge >= 0.3 is 12.1 Å². The number of aliphatic hydroxyl groups excluding tert-OH is 1. The fourth-order valence-electron chi connectivity index (χ4n) is 7.44. The molecule has 0 spiro atoms. The summed E-state index contributed by atoms with van der Waals surface area (Å²) in [5.41, 5.74) is 4.48. The summed E-state index contributed by atoms with van der Waals surface area (Å²) >= 11 is 0. The van der Waals surface area contributed by atoms with Crippen molar-refractivity contribution in [1.82, 2.24) is 15.1 Å². The highest BCUT2D eigenvalue weighted by atomic mass is 16.6. The normalized spacial score (nSPS) is 25.1. The third-order valence-corrected chi connectivity index (χ3v) is 9.89. The van der Waals surface area contributed by atoms with Crippen molar-refractivity contribution in [2.75, 3.05) is 32.9 Å². The second-order valence-corrected chi connectivity index (χ2v) is 12.7. The molecule has 0 saturated carbocycles. The van der Waals surface area contributed by atoms with Gasteiger partial charge in [0.05, 0.1) is 24.6 Å². The molecule has 46 heavy (non-hydrogen) atoms. The number of esters is 1. The van der Waals surface area contributed by atoms with E-state index in [2.05, 4.69) is 29.6 Å². The minimum absolute atomic E-state index is 0.0280. The lowest BCUT2D eigenvalue weighted by Gasteiger charge is -2.30. The number of fused-ring (bicyclic) bond motifs is 4. The van der Waals surface area contributed by atoms with Crippen LogP contribution in [0.1, 0.15) is 68.4 Å². The molecule has 2 aromatic rings. The summed E-state index contributed by atoms with van der Waals surface area (Å²) in [4.78, 5) is 56.6. The molecule has 6 rings (SSSR count). The van der Waals surface area contributed by atoms with E-state index in [1.165, 1.54) is 0 Å². The zero-order valence-electron chi connectivity index (χ0n) is 26.1. The van der Waals surface area contributed by atoms with Crippen molar-refractivity contribution in [1.29, 1.82) is 0 Å². The van der Waals surface area contributed by atoms with E-state index >= 15 is 0 Å². The number of carbonyl (C=O) groups is 4. The molecule has 10 heteroatoms. The van der Waals surface area contributed by atoms with Gasteiger partial charge in [0.1, 0.15) is 19.3 Å². The molecule has 4 aliphatic rings. The van der Waals surface area contributed by atoms with E-state index in [1.54, 1.807) is 9.80 Å². The number of carbonyl (C=O) groups excluding carboxylic acids is 4. The zero-order chi connectivity index (χ0) is 32.0. The first kappa shape index (κ1) is 31.8. The Labute approximate surface area is 269 Å². The van der Waals surface area contributed by atoms with E-state index in [9.17, 15) is 24.3 Å². The zero-order valence-corrected chi connectivity index (χ0v) is 26.1. The predicted octanol–water partition coefficient (Wildman–Crippen LogP) is 4.16. The maximum atomic E-state index is 13.7. The van der Waals surface area contributed by atoms with Crippen molar-refractivity contribution in [2.24, 2.45) is 5.92 Å². The Kier molecular flexibility index (Phi) is 10.0. The smallest absolute Gasteiger partial charge is 0.407 e. The first-order valence-corrected chi connectivity index (χ1v) is 16.6. The molecule has 2 N–H and O–H groups in total. The molecular weight excluding hydrogens is 586 g/mol. The fourth-order valence-corrected chi connectivity index (χ4v) is 7.44. The number of hydrogen-bond acceptors (Lipinski definition) is 7. The highest BCUT2D eigenvalue weighted by Gasteiger charge is 2.37. The molecule has 0 radical (unpaired) electrons. The maximum Gasteiger partial charge on any atom is 0.407 e. The predicted molar refractivity (Wildman–Crippen MR) is 171 cm³/mol. The Hall–Kier alpha value is -4.18. The van der Waals surface area contributed by atoms with E-state index in [-0.39, 0.29) is 56.1 Å². The Bertz CT molecular complexity index is 1430. The monoisotopic (exact) mass is 629 g/mol. The van der Waals surface area contributed by atoms with E-state index in [1.807, 2.05) is 36.4 Å². The van der Waals surface area contributed by atoms with Gasteiger partial charge in [-0.15, -0.1) is 0 Å². The van der Waals surface area contributed by atoms with Crippen LogP contribution in [0.15, 0.2) is 60.7 Å². The van der Waals surface area contributed by atoms with Crippen LogP contribution in [0.3, 0.4) is 0 Å². The van der Waals surface area contributed by atoms with Gasteiger partial charge in [-0.2, -0.15) is 0 Å². The van der Waals surface area contributed by atoms with Crippen LogP contribution in [0.5, 0.6) is 0 Å². The lowest BCUT2D eigenvalue weighted by atomic mass is 9.97. The van der Waals surface area contributed by atoms with Crippen LogP contribution in [0.4, 0.5) is 4.79 Å². The summed E-state index contributed by atoms with van der Waals surface area (Å²) in [6, 6.07) is 14.8. The van der Waals surface area contributed by atoms with E-state index in [4.69, 9.17) is 9.47 Å². The Morgan fingerprint density at radius 2 is 1.65 bits per heavy atom. The molecule has 2 saturated heterocycles. The molecule has 4 atom stereocenters. The van der Waals surface area contributed by atoms with Gasteiger partial charge in [0.25, 0.3) is 0 Å². The van der Waals surface area contributed by atoms with Crippen LogP contribution < -0.4 is 5.32 Å². The van der Waals surface area contributed by atoms with Gasteiger partial charge in [-0.1, -0.05) is 60.7 Å². The minimum atomic E-state index is -0.908. The van der Waals surface area contributed by atoms with Gasteiger partial charge in [0.15, 0.2) is 0 Å². The van der Waals surface area contributed by atoms with Crippen molar-refractivity contribution in [3.05, 3.63) is 71.8 Å². The summed E-state index contributed by atoms with van der Waals surface area (Å²) in [5.74, 6) is -1.41. The molecule has 10 nitrogen and oxygen atoms in total. The summed E-state index contributed by atoms with van der Waals surface area (Å²) in [6.45, 7) is 1.23. The van der Waals surface area contributed by atoms with Crippen molar-refractivity contribution < 1.29 is 33.8 Å². The summed E-state index contributed by atoms with van der Waals surface area (Å²) in [5, 5.41) is 12.4. The van der Waals surface area contributed by atoms with Crippen molar-refractivity contribution in [2.45, 2.75) is 75.4 Å². The van der Waals surface area contributed by atoms with Crippen LogP contribution in [0.2, 0.25) is 0 Å². The largest absolute Gasteiger partial charge is 0.462 e. The molecule has 244 valence electrons. The minimum Gasteiger partial charge on any atom is -0.462 e. The highest BCUT2D eigenvalue weighted by molar-refractivity contribution is 5.87. The molecule has 1 aliphatic carbocycles.